The van der Waals surface area contributed by atoms with Gasteiger partial charge in [0.05, 0.1) is 5.56 Å². The zero-order chi connectivity index (χ0) is 17.1. The summed E-state index contributed by atoms with van der Waals surface area (Å²) in [6.45, 7) is 1.86. The Morgan fingerprint density at radius 2 is 2.00 bits per heavy atom. The highest BCUT2D eigenvalue weighted by molar-refractivity contribution is 5.87. The fourth-order valence-electron chi connectivity index (χ4n) is 2.26. The second-order valence-electron chi connectivity index (χ2n) is 5.32. The molecule has 0 amide bonds. The monoisotopic (exact) mass is 321 g/mol. The second kappa shape index (κ2) is 6.45. The van der Waals surface area contributed by atoms with E-state index in [4.69, 9.17) is 11.1 Å². The van der Waals surface area contributed by atoms with Gasteiger partial charge in [0.15, 0.2) is 5.82 Å². The molecule has 1 heterocycles. The number of nitrogens with one attached hydrogen (secondary N) is 2. The van der Waals surface area contributed by atoms with Gasteiger partial charge in [-0.15, -0.1) is 0 Å². The molecule has 4 N–H and O–H groups in total. The number of anilines is 3. The summed E-state index contributed by atoms with van der Waals surface area (Å²) < 4.78 is 13.9. The van der Waals surface area contributed by atoms with Crippen LogP contribution < -0.4 is 11.1 Å². The average molecular weight is 321 g/mol. The molecule has 5 nitrogen and oxygen atoms in total. The minimum absolute atomic E-state index is 0.309. The third-order valence-electron chi connectivity index (χ3n) is 3.59. The number of rotatable bonds is 4. The summed E-state index contributed by atoms with van der Waals surface area (Å²) in [6, 6.07) is 11.7. The van der Waals surface area contributed by atoms with E-state index in [1.54, 1.807) is 42.6 Å². The highest BCUT2D eigenvalue weighted by Crippen LogP contribution is 2.25. The van der Waals surface area contributed by atoms with Crippen molar-refractivity contribution >= 4 is 23.4 Å². The number of nitrogens with two attached hydrogens (primary N) is 1. The van der Waals surface area contributed by atoms with Crippen molar-refractivity contribution in [2.45, 2.75) is 6.92 Å². The molecule has 0 saturated heterocycles. The van der Waals surface area contributed by atoms with Crippen LogP contribution in [0, 0.1) is 18.2 Å². The smallest absolute Gasteiger partial charge is 0.164 e. The van der Waals surface area contributed by atoms with E-state index in [2.05, 4.69) is 15.3 Å². The van der Waals surface area contributed by atoms with Crippen LogP contribution in [0.3, 0.4) is 0 Å². The Balaban J connectivity index is 1.98. The number of halogens is 1. The number of hydrogen-bond donors (Lipinski definition) is 3. The number of nitrogen functional groups attached to an aromatic ring is 1. The Bertz CT molecular complexity index is 908. The molecule has 0 aliphatic carbocycles. The van der Waals surface area contributed by atoms with Crippen molar-refractivity contribution in [2.24, 2.45) is 0 Å². The van der Waals surface area contributed by atoms with Crippen molar-refractivity contribution in [2.75, 3.05) is 11.1 Å². The van der Waals surface area contributed by atoms with Gasteiger partial charge in [0.2, 0.25) is 0 Å². The summed E-state index contributed by atoms with van der Waals surface area (Å²) in [5.74, 6) is 0.513. The summed E-state index contributed by atoms with van der Waals surface area (Å²) in [6.07, 6.45) is 2.84. The fourth-order valence-corrected chi connectivity index (χ4v) is 2.26. The standard InChI is InChI=1S/C18H16FN5/c1-11-10-22-18(14-4-2-3-5-15(14)19)24-17(11)23-13-6-7-16(21)12(8-13)9-20/h2-10,20H,21H2,1H3,(H,22,23,24). The lowest BCUT2D eigenvalue weighted by Gasteiger charge is -2.11. The highest BCUT2D eigenvalue weighted by atomic mass is 19.1. The van der Waals surface area contributed by atoms with Crippen molar-refractivity contribution in [3.05, 3.63) is 65.6 Å². The molecule has 0 fully saturated rings. The van der Waals surface area contributed by atoms with Crippen molar-refractivity contribution in [1.29, 1.82) is 5.41 Å². The topological polar surface area (TPSA) is 87.7 Å². The zero-order valence-corrected chi connectivity index (χ0v) is 13.0. The first-order valence-corrected chi connectivity index (χ1v) is 7.34. The minimum Gasteiger partial charge on any atom is -0.398 e. The van der Waals surface area contributed by atoms with Crippen molar-refractivity contribution < 1.29 is 4.39 Å². The van der Waals surface area contributed by atoms with E-state index in [-0.39, 0.29) is 5.82 Å². The maximum absolute atomic E-state index is 13.9. The number of hydrogen-bond acceptors (Lipinski definition) is 5. The lowest BCUT2D eigenvalue weighted by molar-refractivity contribution is 0.630. The summed E-state index contributed by atoms with van der Waals surface area (Å²) in [7, 11) is 0. The van der Waals surface area contributed by atoms with Crippen LogP contribution in [-0.4, -0.2) is 16.2 Å². The third-order valence-corrected chi connectivity index (χ3v) is 3.59. The molecular weight excluding hydrogens is 305 g/mol. The molecule has 0 bridgehead atoms. The number of aryl methyl sites for hydroxylation is 1. The average Bonchev–Trinajstić information content (AvgIpc) is 2.59. The summed E-state index contributed by atoms with van der Waals surface area (Å²) >= 11 is 0. The predicted octanol–water partition coefficient (Wildman–Crippen LogP) is 3.91. The molecule has 0 unspecified atom stereocenters. The van der Waals surface area contributed by atoms with Crippen molar-refractivity contribution in [3.63, 3.8) is 0 Å². The first-order chi connectivity index (χ1) is 11.6. The first-order valence-electron chi connectivity index (χ1n) is 7.34. The molecule has 2 aromatic carbocycles. The van der Waals surface area contributed by atoms with Crippen LogP contribution in [0.4, 0.5) is 21.6 Å². The predicted molar refractivity (Wildman–Crippen MR) is 94.2 cm³/mol. The van der Waals surface area contributed by atoms with Gasteiger partial charge in [-0.2, -0.15) is 0 Å². The van der Waals surface area contributed by atoms with E-state index in [0.29, 0.717) is 28.5 Å². The summed E-state index contributed by atoms with van der Waals surface area (Å²) in [5, 5.41) is 10.5. The Morgan fingerprint density at radius 1 is 1.21 bits per heavy atom. The van der Waals surface area contributed by atoms with Crippen LogP contribution in [0.5, 0.6) is 0 Å². The maximum Gasteiger partial charge on any atom is 0.164 e. The lowest BCUT2D eigenvalue weighted by Crippen LogP contribution is -2.02. The highest BCUT2D eigenvalue weighted by Gasteiger charge is 2.10. The van der Waals surface area contributed by atoms with E-state index < -0.39 is 0 Å². The van der Waals surface area contributed by atoms with Gasteiger partial charge in [0.25, 0.3) is 0 Å². The van der Waals surface area contributed by atoms with Crippen LogP contribution in [0.25, 0.3) is 11.4 Å². The Morgan fingerprint density at radius 3 is 2.75 bits per heavy atom. The summed E-state index contributed by atoms with van der Waals surface area (Å²) in [4.78, 5) is 8.64. The SMILES string of the molecule is Cc1cnc(-c2ccccc2F)nc1Nc1ccc(N)c(C=N)c1. The van der Waals surface area contributed by atoms with E-state index in [0.717, 1.165) is 11.3 Å². The molecule has 1 aromatic heterocycles. The van der Waals surface area contributed by atoms with Gasteiger partial charge in [-0.3, -0.25) is 0 Å². The normalized spacial score (nSPS) is 10.4. The van der Waals surface area contributed by atoms with Crippen molar-refractivity contribution in [3.8, 4) is 11.4 Å². The number of aromatic nitrogens is 2. The van der Waals surface area contributed by atoms with E-state index in [1.807, 2.05) is 6.92 Å². The molecule has 0 atom stereocenters. The molecule has 0 aliphatic rings. The van der Waals surface area contributed by atoms with E-state index >= 15 is 0 Å². The molecule has 0 radical (unpaired) electrons. The van der Waals surface area contributed by atoms with Gasteiger partial charge in [0.1, 0.15) is 11.6 Å². The van der Waals surface area contributed by atoms with Crippen LogP contribution in [0.15, 0.2) is 48.7 Å². The molecule has 24 heavy (non-hydrogen) atoms. The summed E-state index contributed by atoms with van der Waals surface area (Å²) in [5.41, 5.74) is 8.84. The number of nitrogens with zero attached hydrogens (tertiary/aromatic N) is 2. The molecule has 3 rings (SSSR count). The van der Waals surface area contributed by atoms with Crippen LogP contribution in [0.1, 0.15) is 11.1 Å². The maximum atomic E-state index is 13.9. The Hall–Kier alpha value is -3.28. The lowest BCUT2D eigenvalue weighted by atomic mass is 10.1. The van der Waals surface area contributed by atoms with E-state index in [9.17, 15) is 4.39 Å². The molecule has 0 saturated carbocycles. The second-order valence-corrected chi connectivity index (χ2v) is 5.32. The van der Waals surface area contributed by atoms with Crippen LogP contribution in [0.2, 0.25) is 0 Å². The van der Waals surface area contributed by atoms with Crippen LogP contribution in [-0.2, 0) is 0 Å². The Labute approximate surface area is 138 Å². The largest absolute Gasteiger partial charge is 0.398 e. The van der Waals surface area contributed by atoms with Gasteiger partial charge in [-0.05, 0) is 37.3 Å². The molecule has 120 valence electrons. The first kappa shape index (κ1) is 15.6. The van der Waals surface area contributed by atoms with Gasteiger partial charge in [0, 0.05) is 34.9 Å². The molecule has 0 spiro atoms. The third kappa shape index (κ3) is 3.08. The number of benzene rings is 2. The minimum atomic E-state index is -0.370. The van der Waals surface area contributed by atoms with Crippen molar-refractivity contribution in [1.82, 2.24) is 9.97 Å². The van der Waals surface area contributed by atoms with E-state index in [1.165, 1.54) is 12.3 Å². The van der Waals surface area contributed by atoms with Gasteiger partial charge in [-0.1, -0.05) is 12.1 Å². The fraction of sp³-hybridized carbons (Fsp3) is 0.0556. The molecule has 0 aliphatic heterocycles. The van der Waals surface area contributed by atoms with Crippen LogP contribution >= 0.6 is 0 Å². The molecular formula is C18H16FN5. The molecule has 3 aromatic rings. The molecule has 6 heteroatoms. The quantitative estimate of drug-likeness (QED) is 0.502. The zero-order valence-electron chi connectivity index (χ0n) is 13.0. The van der Waals surface area contributed by atoms with Gasteiger partial charge < -0.3 is 16.5 Å². The Kier molecular flexibility index (Phi) is 4.20. The van der Waals surface area contributed by atoms with Gasteiger partial charge in [-0.25, -0.2) is 14.4 Å². The van der Waals surface area contributed by atoms with Gasteiger partial charge >= 0.3 is 0 Å².